The molecular formula is C15H28BaO7P2. The third-order valence-electron chi connectivity index (χ3n) is 3.19. The van der Waals surface area contributed by atoms with E-state index in [2.05, 4.69) is 11.2 Å². The predicted octanol–water partition coefficient (Wildman–Crippen LogP) is 4.05. The van der Waals surface area contributed by atoms with E-state index in [9.17, 15) is 9.13 Å². The van der Waals surface area contributed by atoms with E-state index >= 15 is 0 Å². The van der Waals surface area contributed by atoms with Gasteiger partial charge in [-0.1, -0.05) is 56.7 Å². The topological polar surface area (TPSA) is 102 Å². The van der Waals surface area contributed by atoms with Gasteiger partial charge < -0.3 is 14.3 Å². The van der Waals surface area contributed by atoms with Crippen LogP contribution in [-0.2, 0) is 18.0 Å². The van der Waals surface area contributed by atoms with Crippen molar-refractivity contribution in [1.29, 1.82) is 0 Å². The van der Waals surface area contributed by atoms with Gasteiger partial charge in [0, 0.05) is 0 Å². The molecule has 0 spiro atoms. The number of benzene rings is 1. The molecule has 1 atom stereocenters. The first-order valence-corrected chi connectivity index (χ1v) is 11.0. The molecule has 1 aromatic carbocycles. The molecule has 0 aliphatic heterocycles. The molecule has 142 valence electrons. The van der Waals surface area contributed by atoms with Gasteiger partial charge in [-0.15, -0.1) is 0 Å². The van der Waals surface area contributed by atoms with Crippen LogP contribution in [-0.4, -0.2) is 65.3 Å². The number of aryl methyl sites for hydroxylation is 1. The van der Waals surface area contributed by atoms with E-state index in [1.54, 1.807) is 12.1 Å². The van der Waals surface area contributed by atoms with Gasteiger partial charge in [0.2, 0.25) is 0 Å². The zero-order chi connectivity index (χ0) is 18.1. The summed E-state index contributed by atoms with van der Waals surface area (Å²) in [6, 6.07) is 6.48. The number of unbranched alkanes of at least 4 members (excludes halogenated alkanes) is 5. The molecule has 0 aromatic heterocycles. The van der Waals surface area contributed by atoms with Crippen LogP contribution in [0.2, 0.25) is 0 Å². The molecular weight excluding hydrogens is 491 g/mol. The third-order valence-corrected chi connectivity index (χ3v) is 5.78. The van der Waals surface area contributed by atoms with Gasteiger partial charge in [-0.05, 0) is 25.5 Å². The normalized spacial score (nSPS) is 13.8. The van der Waals surface area contributed by atoms with Gasteiger partial charge in [0.25, 0.3) is 0 Å². The third kappa shape index (κ3) is 12.8. The Hall–Kier alpha value is 0.891. The first-order valence-electron chi connectivity index (χ1n) is 8.02. The standard InChI is InChI=1S/C15H26O7P2.Ba.2H/c1-3-4-5-6-7-8-13-20-24(19,22-23(16,17)18)21-15-11-9-14(2)10-12-15;;;/h9-12H,3-8,13H2,1-2H3,(H2,16,17,18);;;. The van der Waals surface area contributed by atoms with Crippen molar-refractivity contribution in [3.63, 3.8) is 0 Å². The fourth-order valence-corrected chi connectivity index (χ4v) is 4.13. The van der Waals surface area contributed by atoms with Crippen LogP contribution in [0.25, 0.3) is 0 Å². The van der Waals surface area contributed by atoms with Crippen molar-refractivity contribution < 1.29 is 32.3 Å². The first-order chi connectivity index (χ1) is 11.2. The number of phosphoric ester groups is 1. The van der Waals surface area contributed by atoms with Crippen LogP contribution in [0.4, 0.5) is 0 Å². The van der Waals surface area contributed by atoms with Crippen molar-refractivity contribution in [2.45, 2.75) is 52.4 Å². The van der Waals surface area contributed by atoms with Crippen LogP contribution >= 0.6 is 15.6 Å². The monoisotopic (exact) mass is 520 g/mol. The molecule has 0 aliphatic rings. The molecule has 0 heterocycles. The SMILES string of the molecule is CCCCCCCCOP(=O)(Oc1ccc(C)cc1)OP(=O)(O)O.[BaH2]. The average Bonchev–Trinajstić information content (AvgIpc) is 2.47. The number of hydrogen-bond acceptors (Lipinski definition) is 5. The van der Waals surface area contributed by atoms with Crippen LogP contribution in [0.1, 0.15) is 51.0 Å². The molecule has 25 heavy (non-hydrogen) atoms. The van der Waals surface area contributed by atoms with Crippen LogP contribution < -0.4 is 4.52 Å². The molecule has 0 bridgehead atoms. The van der Waals surface area contributed by atoms with Crippen LogP contribution in [0.3, 0.4) is 0 Å². The molecule has 0 radical (unpaired) electrons. The summed E-state index contributed by atoms with van der Waals surface area (Å²) in [6.07, 6.45) is 5.94. The van der Waals surface area contributed by atoms with Crippen LogP contribution in [0, 0.1) is 6.92 Å². The molecule has 1 aromatic rings. The Kier molecular flexibility index (Phi) is 13.6. The summed E-state index contributed by atoms with van der Waals surface area (Å²) in [7, 11) is -9.42. The fourth-order valence-electron chi connectivity index (χ4n) is 1.98. The Morgan fingerprint density at radius 1 is 0.960 bits per heavy atom. The van der Waals surface area contributed by atoms with Crippen molar-refractivity contribution in [3.05, 3.63) is 29.8 Å². The van der Waals surface area contributed by atoms with Gasteiger partial charge in [-0.25, -0.2) is 9.13 Å². The zero-order valence-electron chi connectivity index (χ0n) is 14.1. The summed E-state index contributed by atoms with van der Waals surface area (Å²) in [5.74, 6) is 0.153. The Bertz CT molecular complexity index is 574. The Labute approximate surface area is 189 Å². The molecule has 2 N–H and O–H groups in total. The molecule has 7 nitrogen and oxygen atoms in total. The van der Waals surface area contributed by atoms with Gasteiger partial charge in [0.1, 0.15) is 5.75 Å². The summed E-state index contributed by atoms with van der Waals surface area (Å²) < 4.78 is 37.9. The Balaban J connectivity index is 0.00000576. The van der Waals surface area contributed by atoms with E-state index < -0.39 is 15.6 Å². The van der Waals surface area contributed by atoms with Gasteiger partial charge in [-0.2, -0.15) is 4.31 Å². The number of phosphoric acid groups is 2. The van der Waals surface area contributed by atoms with Gasteiger partial charge in [0.05, 0.1) is 6.61 Å². The average molecular weight is 520 g/mol. The van der Waals surface area contributed by atoms with E-state index in [1.165, 1.54) is 12.1 Å². The predicted molar refractivity (Wildman–Crippen MR) is 100 cm³/mol. The summed E-state index contributed by atoms with van der Waals surface area (Å²) in [4.78, 5) is 17.9. The van der Waals surface area contributed by atoms with E-state index in [0.717, 1.165) is 37.7 Å². The second-order valence-electron chi connectivity index (χ2n) is 5.52. The van der Waals surface area contributed by atoms with Crippen molar-refractivity contribution >= 4 is 64.5 Å². The van der Waals surface area contributed by atoms with Gasteiger partial charge in [-0.3, -0.25) is 4.52 Å². The minimum absolute atomic E-state index is 0. The molecule has 0 aliphatic carbocycles. The van der Waals surface area contributed by atoms with E-state index in [1.807, 2.05) is 6.92 Å². The second kappa shape index (κ2) is 13.1. The van der Waals surface area contributed by atoms with Crippen molar-refractivity contribution in [2.24, 2.45) is 0 Å². The Morgan fingerprint density at radius 3 is 2.08 bits per heavy atom. The fraction of sp³-hybridized carbons (Fsp3) is 0.600. The quantitative estimate of drug-likeness (QED) is 0.244. The van der Waals surface area contributed by atoms with Crippen molar-refractivity contribution in [2.75, 3.05) is 6.61 Å². The first kappa shape index (κ1) is 25.9. The Morgan fingerprint density at radius 2 is 1.52 bits per heavy atom. The molecule has 0 saturated carbocycles. The van der Waals surface area contributed by atoms with E-state index in [0.29, 0.717) is 6.42 Å². The molecule has 1 unspecified atom stereocenters. The molecule has 10 heteroatoms. The summed E-state index contributed by atoms with van der Waals surface area (Å²) in [5.41, 5.74) is 0.959. The van der Waals surface area contributed by atoms with Gasteiger partial charge in [0.15, 0.2) is 0 Å². The molecule has 0 fully saturated rings. The minimum atomic E-state index is -5.02. The summed E-state index contributed by atoms with van der Waals surface area (Å²) in [5, 5.41) is 0. The van der Waals surface area contributed by atoms with Crippen molar-refractivity contribution in [1.82, 2.24) is 0 Å². The molecule has 1 rings (SSSR count). The van der Waals surface area contributed by atoms with E-state index in [4.69, 9.17) is 18.8 Å². The summed E-state index contributed by atoms with van der Waals surface area (Å²) >= 11 is 0. The van der Waals surface area contributed by atoms with Crippen LogP contribution in [0.5, 0.6) is 5.75 Å². The molecule has 0 saturated heterocycles. The summed E-state index contributed by atoms with van der Waals surface area (Å²) in [6.45, 7) is 4.03. The van der Waals surface area contributed by atoms with Gasteiger partial charge >= 0.3 is 64.5 Å². The second-order valence-corrected chi connectivity index (χ2v) is 8.49. The maximum absolute atomic E-state index is 12.5. The molecule has 0 amide bonds. The maximum atomic E-state index is 12.5. The number of rotatable bonds is 12. The van der Waals surface area contributed by atoms with E-state index in [-0.39, 0.29) is 61.2 Å². The zero-order valence-corrected chi connectivity index (χ0v) is 15.9. The van der Waals surface area contributed by atoms with Crippen molar-refractivity contribution in [3.8, 4) is 5.75 Å². The number of hydrogen-bond donors (Lipinski definition) is 2. The van der Waals surface area contributed by atoms with Crippen LogP contribution in [0.15, 0.2) is 24.3 Å².